The number of amides is 1. The Morgan fingerprint density at radius 2 is 1.94 bits per heavy atom. The number of hydrogen-bond acceptors (Lipinski definition) is 4. The first-order valence-electron chi connectivity index (χ1n) is 4.82. The fourth-order valence-corrected chi connectivity index (χ4v) is 1.34. The van der Waals surface area contributed by atoms with Gasteiger partial charge >= 0.3 is 11.7 Å². The average Bonchev–Trinajstić information content (AvgIpc) is 2.62. The molecule has 0 saturated carbocycles. The molecule has 82 valence electrons. The van der Waals surface area contributed by atoms with Crippen LogP contribution in [0.3, 0.4) is 0 Å². The summed E-state index contributed by atoms with van der Waals surface area (Å²) in [4.78, 5) is 22.1. The molecule has 1 aromatic rings. The van der Waals surface area contributed by atoms with Crippen LogP contribution in [-0.2, 0) is 14.3 Å². The van der Waals surface area contributed by atoms with Crippen LogP contribution in [-0.4, -0.2) is 17.6 Å². The van der Waals surface area contributed by atoms with Crippen molar-refractivity contribution in [3.63, 3.8) is 0 Å². The molecule has 0 aliphatic carbocycles. The molecule has 5 heteroatoms. The van der Waals surface area contributed by atoms with Gasteiger partial charge in [0.1, 0.15) is 6.10 Å². The van der Waals surface area contributed by atoms with Gasteiger partial charge < -0.3 is 4.74 Å². The predicted octanol–water partition coefficient (Wildman–Crippen LogP) is 0.777. The van der Waals surface area contributed by atoms with Crippen LogP contribution in [0, 0.1) is 0 Å². The van der Waals surface area contributed by atoms with Gasteiger partial charge in [-0.05, 0) is 12.5 Å². The van der Waals surface area contributed by atoms with E-state index < -0.39 is 11.7 Å². The van der Waals surface area contributed by atoms with Gasteiger partial charge in [0.25, 0.3) is 5.90 Å². The zero-order chi connectivity index (χ0) is 11.5. The van der Waals surface area contributed by atoms with Crippen LogP contribution in [0.15, 0.2) is 35.4 Å². The molecule has 1 aliphatic heterocycles. The molecule has 0 fully saturated rings. The zero-order valence-electron chi connectivity index (χ0n) is 8.64. The molecule has 1 aromatic carbocycles. The van der Waals surface area contributed by atoms with Gasteiger partial charge in [0.05, 0.1) is 0 Å². The van der Waals surface area contributed by atoms with Crippen molar-refractivity contribution in [3.8, 4) is 0 Å². The Kier molecular flexibility index (Phi) is 2.68. The summed E-state index contributed by atoms with van der Waals surface area (Å²) in [5.74, 6) is -1.67. The Hall–Kier alpha value is -2.17. The van der Waals surface area contributed by atoms with E-state index in [4.69, 9.17) is 4.74 Å². The molecule has 1 amide bonds. The molecular formula is C11H10N2O3. The highest BCUT2D eigenvalue weighted by Crippen LogP contribution is 2.17. The normalized spacial score (nSPS) is 16.7. The van der Waals surface area contributed by atoms with E-state index in [9.17, 15) is 9.59 Å². The number of Topliss-reactive ketones (excluding diaryl/α,β-unsaturated/α-hetero) is 1. The maximum atomic E-state index is 11.2. The Balaban J connectivity index is 2.07. The van der Waals surface area contributed by atoms with Crippen LogP contribution >= 0.6 is 0 Å². The van der Waals surface area contributed by atoms with Gasteiger partial charge in [0.15, 0.2) is 0 Å². The van der Waals surface area contributed by atoms with Crippen LogP contribution in [0.25, 0.3) is 0 Å². The smallest absolute Gasteiger partial charge is 0.317 e. The summed E-state index contributed by atoms with van der Waals surface area (Å²) in [7, 11) is 0. The molecule has 1 aliphatic rings. The van der Waals surface area contributed by atoms with Crippen molar-refractivity contribution in [3.05, 3.63) is 35.9 Å². The summed E-state index contributed by atoms with van der Waals surface area (Å²) < 4.78 is 5.30. The van der Waals surface area contributed by atoms with Gasteiger partial charge in [0, 0.05) is 0 Å². The Morgan fingerprint density at radius 1 is 1.25 bits per heavy atom. The van der Waals surface area contributed by atoms with Crippen molar-refractivity contribution in [1.82, 2.24) is 5.43 Å². The SMILES string of the molecule is CC(OC1=NNC(=O)C1=O)c1ccccc1. The van der Waals surface area contributed by atoms with Gasteiger partial charge in [-0.3, -0.25) is 9.59 Å². The second kappa shape index (κ2) is 4.14. The van der Waals surface area contributed by atoms with Gasteiger partial charge in [-0.1, -0.05) is 30.3 Å². The maximum Gasteiger partial charge on any atom is 0.317 e. The number of rotatable bonds is 2. The molecule has 0 radical (unpaired) electrons. The van der Waals surface area contributed by atoms with Crippen LogP contribution in [0.1, 0.15) is 18.6 Å². The maximum absolute atomic E-state index is 11.2. The fraction of sp³-hybridized carbons (Fsp3) is 0.182. The quantitative estimate of drug-likeness (QED) is 0.746. The van der Waals surface area contributed by atoms with Crippen molar-refractivity contribution in [2.45, 2.75) is 13.0 Å². The van der Waals surface area contributed by atoms with E-state index in [1.807, 2.05) is 30.3 Å². The van der Waals surface area contributed by atoms with Crippen LogP contribution in [0.4, 0.5) is 0 Å². The number of ether oxygens (including phenoxy) is 1. The molecule has 1 heterocycles. The first kappa shape index (κ1) is 10.4. The van der Waals surface area contributed by atoms with E-state index in [-0.39, 0.29) is 12.0 Å². The number of carbonyl (C=O) groups is 2. The summed E-state index contributed by atoms with van der Waals surface area (Å²) in [5.41, 5.74) is 2.96. The number of hydrogen-bond donors (Lipinski definition) is 1. The molecule has 1 unspecified atom stereocenters. The van der Waals surface area contributed by atoms with Crippen molar-refractivity contribution in [1.29, 1.82) is 0 Å². The molecule has 5 nitrogen and oxygen atoms in total. The second-order valence-corrected chi connectivity index (χ2v) is 3.36. The topological polar surface area (TPSA) is 67.8 Å². The van der Waals surface area contributed by atoms with Crippen molar-refractivity contribution >= 4 is 17.6 Å². The summed E-state index contributed by atoms with van der Waals surface area (Å²) in [6.45, 7) is 1.79. The number of ketones is 1. The molecule has 0 saturated heterocycles. The minimum Gasteiger partial charge on any atom is -0.466 e. The summed E-state index contributed by atoms with van der Waals surface area (Å²) >= 11 is 0. The van der Waals surface area contributed by atoms with Gasteiger partial charge in [-0.15, -0.1) is 5.10 Å². The van der Waals surface area contributed by atoms with E-state index in [0.29, 0.717) is 0 Å². The zero-order valence-corrected chi connectivity index (χ0v) is 8.64. The number of nitrogens with one attached hydrogen (secondary N) is 1. The monoisotopic (exact) mass is 218 g/mol. The third-order valence-corrected chi connectivity index (χ3v) is 2.22. The van der Waals surface area contributed by atoms with Crippen LogP contribution in [0.5, 0.6) is 0 Å². The lowest BCUT2D eigenvalue weighted by atomic mass is 10.1. The van der Waals surface area contributed by atoms with Crippen molar-refractivity contribution in [2.24, 2.45) is 5.10 Å². The Labute approximate surface area is 92.1 Å². The number of carbonyl (C=O) groups excluding carboxylic acids is 2. The summed E-state index contributed by atoms with van der Waals surface area (Å²) in [6.07, 6.45) is -0.323. The number of nitrogens with zero attached hydrogens (tertiary/aromatic N) is 1. The molecule has 2 rings (SSSR count). The van der Waals surface area contributed by atoms with E-state index >= 15 is 0 Å². The number of benzene rings is 1. The minimum atomic E-state index is -0.754. The van der Waals surface area contributed by atoms with E-state index in [1.165, 1.54) is 0 Å². The van der Waals surface area contributed by atoms with Crippen LogP contribution < -0.4 is 5.43 Å². The molecule has 0 aromatic heterocycles. The first-order chi connectivity index (χ1) is 7.68. The fourth-order valence-electron chi connectivity index (χ4n) is 1.34. The highest BCUT2D eigenvalue weighted by atomic mass is 16.5. The van der Waals surface area contributed by atoms with Gasteiger partial charge in [-0.25, -0.2) is 5.43 Å². The molecule has 0 bridgehead atoms. The van der Waals surface area contributed by atoms with E-state index in [0.717, 1.165) is 5.56 Å². The lowest BCUT2D eigenvalue weighted by Crippen LogP contribution is -2.24. The first-order valence-corrected chi connectivity index (χ1v) is 4.82. The van der Waals surface area contributed by atoms with Crippen LogP contribution in [0.2, 0.25) is 0 Å². The standard InChI is InChI=1S/C11H10N2O3/c1-7(8-5-3-2-4-6-8)16-11-9(14)10(15)12-13-11/h2-7H,1H3,(H,12,14,15). The van der Waals surface area contributed by atoms with Crippen molar-refractivity contribution < 1.29 is 14.3 Å². The summed E-state index contributed by atoms with van der Waals surface area (Å²) in [5, 5.41) is 3.51. The molecular weight excluding hydrogens is 208 g/mol. The van der Waals surface area contributed by atoms with Crippen molar-refractivity contribution in [2.75, 3.05) is 0 Å². The highest BCUT2D eigenvalue weighted by Gasteiger charge is 2.30. The Bertz CT molecular complexity index is 454. The minimum absolute atomic E-state index is 0.179. The van der Waals surface area contributed by atoms with Gasteiger partial charge in [-0.2, -0.15) is 0 Å². The van der Waals surface area contributed by atoms with Gasteiger partial charge in [0.2, 0.25) is 0 Å². The lowest BCUT2D eigenvalue weighted by Gasteiger charge is -2.12. The largest absolute Gasteiger partial charge is 0.466 e. The number of hydrazone groups is 1. The molecule has 1 N–H and O–H groups in total. The second-order valence-electron chi connectivity index (χ2n) is 3.36. The molecule has 1 atom stereocenters. The molecule has 16 heavy (non-hydrogen) atoms. The highest BCUT2D eigenvalue weighted by molar-refractivity contribution is 6.64. The van der Waals surface area contributed by atoms with E-state index in [1.54, 1.807) is 6.92 Å². The third-order valence-electron chi connectivity index (χ3n) is 2.22. The summed E-state index contributed by atoms with van der Waals surface area (Å²) in [6, 6.07) is 9.38. The third kappa shape index (κ3) is 1.93. The average molecular weight is 218 g/mol. The Morgan fingerprint density at radius 3 is 2.50 bits per heavy atom. The lowest BCUT2D eigenvalue weighted by molar-refractivity contribution is -0.133. The van der Waals surface area contributed by atoms with E-state index in [2.05, 4.69) is 10.5 Å². The molecule has 0 spiro atoms. The predicted molar refractivity (Wildman–Crippen MR) is 56.5 cm³/mol.